The molecular formula is C12H15ClN2O. The van der Waals surface area contributed by atoms with Crippen LogP contribution < -0.4 is 5.73 Å². The van der Waals surface area contributed by atoms with Crippen LogP contribution in [0.3, 0.4) is 0 Å². The summed E-state index contributed by atoms with van der Waals surface area (Å²) < 4.78 is 0. The van der Waals surface area contributed by atoms with E-state index >= 15 is 0 Å². The summed E-state index contributed by atoms with van der Waals surface area (Å²) >= 11 is 0. The Kier molecular flexibility index (Phi) is 6.24. The van der Waals surface area contributed by atoms with Crippen molar-refractivity contribution in [3.8, 4) is 11.8 Å². The highest BCUT2D eigenvalue weighted by Crippen LogP contribution is 2.28. The van der Waals surface area contributed by atoms with Crippen LogP contribution in [0.1, 0.15) is 30.0 Å². The summed E-state index contributed by atoms with van der Waals surface area (Å²) in [5.74, 6) is -0.00318. The minimum absolute atomic E-state index is 0. The molecule has 0 heterocycles. The molecule has 1 aromatic rings. The number of nitrogens with zero attached hydrogens (tertiary/aromatic N) is 1. The number of phenolic OH excluding ortho intramolecular Hbond substituents is 1. The Morgan fingerprint density at radius 1 is 1.56 bits per heavy atom. The van der Waals surface area contributed by atoms with Gasteiger partial charge in [0, 0.05) is 11.6 Å². The number of aromatic hydroxyl groups is 1. The van der Waals surface area contributed by atoms with Gasteiger partial charge in [-0.15, -0.1) is 19.0 Å². The van der Waals surface area contributed by atoms with Crippen molar-refractivity contribution in [3.05, 3.63) is 42.0 Å². The first kappa shape index (κ1) is 14.5. The molecule has 1 rings (SSSR count). The first-order valence-corrected chi connectivity index (χ1v) is 4.79. The molecule has 86 valence electrons. The summed E-state index contributed by atoms with van der Waals surface area (Å²) in [5.41, 5.74) is 6.77. The lowest BCUT2D eigenvalue weighted by Gasteiger charge is -2.12. The van der Waals surface area contributed by atoms with E-state index in [0.29, 0.717) is 12.0 Å². The summed E-state index contributed by atoms with van der Waals surface area (Å²) in [6.07, 6.45) is 3.29. The Hall–Kier alpha value is -1.50. The highest BCUT2D eigenvalue weighted by atomic mass is 35.5. The molecule has 0 fully saturated rings. The monoisotopic (exact) mass is 238 g/mol. The second-order valence-electron chi connectivity index (χ2n) is 3.33. The fourth-order valence-corrected chi connectivity index (χ4v) is 1.40. The zero-order valence-electron chi connectivity index (χ0n) is 8.89. The quantitative estimate of drug-likeness (QED) is 0.793. The van der Waals surface area contributed by atoms with Crippen molar-refractivity contribution >= 4 is 12.4 Å². The largest absolute Gasteiger partial charge is 0.506 e. The van der Waals surface area contributed by atoms with E-state index in [0.717, 1.165) is 6.42 Å². The van der Waals surface area contributed by atoms with E-state index < -0.39 is 0 Å². The van der Waals surface area contributed by atoms with Crippen molar-refractivity contribution < 1.29 is 5.11 Å². The topological polar surface area (TPSA) is 70.0 Å². The zero-order chi connectivity index (χ0) is 11.3. The van der Waals surface area contributed by atoms with E-state index in [2.05, 4.69) is 6.58 Å². The van der Waals surface area contributed by atoms with Gasteiger partial charge in [0.1, 0.15) is 11.8 Å². The van der Waals surface area contributed by atoms with Gasteiger partial charge in [0.05, 0.1) is 5.56 Å². The number of para-hydroxylation sites is 1. The maximum absolute atomic E-state index is 9.73. The molecule has 0 aliphatic carbocycles. The summed E-state index contributed by atoms with van der Waals surface area (Å²) in [4.78, 5) is 0. The van der Waals surface area contributed by atoms with Crippen LogP contribution in [0.2, 0.25) is 0 Å². The van der Waals surface area contributed by atoms with Crippen LogP contribution in [-0.4, -0.2) is 5.11 Å². The molecule has 0 saturated carbocycles. The van der Waals surface area contributed by atoms with E-state index in [1.165, 1.54) is 0 Å². The molecule has 0 radical (unpaired) electrons. The van der Waals surface area contributed by atoms with Crippen LogP contribution in [0.15, 0.2) is 30.9 Å². The summed E-state index contributed by atoms with van der Waals surface area (Å²) in [7, 11) is 0. The van der Waals surface area contributed by atoms with Gasteiger partial charge in [-0.2, -0.15) is 5.26 Å². The van der Waals surface area contributed by atoms with Crippen molar-refractivity contribution in [3.63, 3.8) is 0 Å². The highest BCUT2D eigenvalue weighted by Gasteiger charge is 2.12. The molecule has 0 spiro atoms. The molecule has 3 nitrogen and oxygen atoms in total. The second-order valence-corrected chi connectivity index (χ2v) is 3.33. The zero-order valence-corrected chi connectivity index (χ0v) is 9.70. The first-order chi connectivity index (χ1) is 7.20. The molecule has 0 amide bonds. The fourth-order valence-electron chi connectivity index (χ4n) is 1.40. The number of benzene rings is 1. The lowest BCUT2D eigenvalue weighted by molar-refractivity contribution is 0.457. The smallest absolute Gasteiger partial charge is 0.138 e. The average Bonchev–Trinajstić information content (AvgIpc) is 2.26. The Balaban J connectivity index is 0.00000225. The maximum Gasteiger partial charge on any atom is 0.138 e. The third-order valence-electron chi connectivity index (χ3n) is 2.27. The molecule has 1 aromatic carbocycles. The van der Waals surface area contributed by atoms with Crippen molar-refractivity contribution in [2.45, 2.75) is 18.9 Å². The van der Waals surface area contributed by atoms with Gasteiger partial charge in [-0.25, -0.2) is 0 Å². The van der Waals surface area contributed by atoms with Crippen molar-refractivity contribution in [1.82, 2.24) is 0 Å². The van der Waals surface area contributed by atoms with Crippen molar-refractivity contribution in [2.75, 3.05) is 0 Å². The Bertz CT molecular complexity index is 398. The lowest BCUT2D eigenvalue weighted by Crippen LogP contribution is -2.10. The molecule has 0 bridgehead atoms. The van der Waals surface area contributed by atoms with Gasteiger partial charge >= 0.3 is 0 Å². The number of allylic oxidation sites excluding steroid dienone is 1. The van der Waals surface area contributed by atoms with Crippen LogP contribution >= 0.6 is 12.4 Å². The van der Waals surface area contributed by atoms with Gasteiger partial charge in [-0.3, -0.25) is 0 Å². The Morgan fingerprint density at radius 2 is 2.25 bits per heavy atom. The number of hydrogen-bond donors (Lipinski definition) is 2. The molecule has 0 saturated heterocycles. The van der Waals surface area contributed by atoms with E-state index in [4.69, 9.17) is 11.0 Å². The van der Waals surface area contributed by atoms with Gasteiger partial charge in [0.25, 0.3) is 0 Å². The van der Waals surface area contributed by atoms with Crippen molar-refractivity contribution in [1.29, 1.82) is 5.26 Å². The van der Waals surface area contributed by atoms with Gasteiger partial charge in [-0.05, 0) is 18.9 Å². The summed E-state index contributed by atoms with van der Waals surface area (Å²) in [6, 6.07) is 6.70. The summed E-state index contributed by atoms with van der Waals surface area (Å²) in [6.45, 7) is 3.61. The third kappa shape index (κ3) is 3.27. The molecule has 0 unspecified atom stereocenters. The van der Waals surface area contributed by atoms with Gasteiger partial charge in [0.2, 0.25) is 0 Å². The molecule has 1 atom stereocenters. The van der Waals surface area contributed by atoms with Crippen LogP contribution in [0.5, 0.6) is 5.75 Å². The van der Waals surface area contributed by atoms with Gasteiger partial charge < -0.3 is 10.8 Å². The number of hydrogen-bond acceptors (Lipinski definition) is 3. The first-order valence-electron chi connectivity index (χ1n) is 4.79. The van der Waals surface area contributed by atoms with Crippen molar-refractivity contribution in [2.24, 2.45) is 5.73 Å². The second kappa shape index (κ2) is 6.89. The van der Waals surface area contributed by atoms with Crippen LogP contribution in [-0.2, 0) is 0 Å². The molecular weight excluding hydrogens is 224 g/mol. The number of nitriles is 1. The van der Waals surface area contributed by atoms with E-state index in [-0.39, 0.29) is 29.8 Å². The molecule has 16 heavy (non-hydrogen) atoms. The number of nitrogens with two attached hydrogens (primary N) is 1. The maximum atomic E-state index is 9.73. The highest BCUT2D eigenvalue weighted by molar-refractivity contribution is 5.85. The van der Waals surface area contributed by atoms with Gasteiger partial charge in [-0.1, -0.05) is 18.2 Å². The lowest BCUT2D eigenvalue weighted by atomic mass is 9.99. The third-order valence-corrected chi connectivity index (χ3v) is 2.27. The van der Waals surface area contributed by atoms with E-state index in [9.17, 15) is 5.11 Å². The molecule has 0 aromatic heterocycles. The van der Waals surface area contributed by atoms with Crippen LogP contribution in [0, 0.1) is 11.3 Å². The standard InChI is InChI=1S/C12H14N2O.ClH/c1-2-3-7-11(14)10-6-4-5-9(8-13)12(10)15;/h2,4-6,11,15H,1,3,7,14H2;1H/t11-;/m0./s1. The number of rotatable bonds is 4. The molecule has 0 aliphatic heterocycles. The molecule has 4 heteroatoms. The minimum atomic E-state index is -0.253. The minimum Gasteiger partial charge on any atom is -0.506 e. The average molecular weight is 239 g/mol. The fraction of sp³-hybridized carbons (Fsp3) is 0.250. The SMILES string of the molecule is C=CCC[C@H](N)c1cccc(C#N)c1O.Cl. The van der Waals surface area contributed by atoms with E-state index in [1.807, 2.05) is 6.07 Å². The Morgan fingerprint density at radius 3 is 2.81 bits per heavy atom. The predicted molar refractivity (Wildman–Crippen MR) is 66.4 cm³/mol. The molecule has 3 N–H and O–H groups in total. The number of phenols is 1. The van der Waals surface area contributed by atoms with E-state index in [1.54, 1.807) is 24.3 Å². The van der Waals surface area contributed by atoms with Crippen LogP contribution in [0.25, 0.3) is 0 Å². The van der Waals surface area contributed by atoms with Crippen LogP contribution in [0.4, 0.5) is 0 Å². The normalized spacial score (nSPS) is 11.0. The predicted octanol–water partition coefficient (Wildman–Crippen LogP) is 2.65. The summed E-state index contributed by atoms with van der Waals surface area (Å²) in [5, 5.41) is 18.5. The Labute approximate surface area is 102 Å². The molecule has 0 aliphatic rings. The number of halogens is 1. The van der Waals surface area contributed by atoms with Gasteiger partial charge in [0.15, 0.2) is 0 Å².